The predicted octanol–water partition coefficient (Wildman–Crippen LogP) is 3.44. The molecule has 0 bridgehead atoms. The van der Waals surface area contributed by atoms with Crippen molar-refractivity contribution in [3.63, 3.8) is 0 Å². The monoisotopic (exact) mass is 413 g/mol. The maximum absolute atomic E-state index is 12.5. The number of hydrogen-bond donors (Lipinski definition) is 3. The Hall–Kier alpha value is -3.78. The summed E-state index contributed by atoms with van der Waals surface area (Å²) >= 11 is 0. The van der Waals surface area contributed by atoms with Gasteiger partial charge in [0.1, 0.15) is 28.7 Å². The highest BCUT2D eigenvalue weighted by molar-refractivity contribution is 6.04. The summed E-state index contributed by atoms with van der Waals surface area (Å²) < 4.78 is 2.03. The number of nitrogens with one attached hydrogen (secondary N) is 2. The van der Waals surface area contributed by atoms with Crippen molar-refractivity contribution in [3.05, 3.63) is 72.4 Å². The van der Waals surface area contributed by atoms with Crippen molar-refractivity contribution >= 4 is 23.1 Å². The van der Waals surface area contributed by atoms with E-state index >= 15 is 0 Å². The van der Waals surface area contributed by atoms with Gasteiger partial charge in [-0.3, -0.25) is 9.20 Å². The van der Waals surface area contributed by atoms with Crippen LogP contribution in [0.2, 0.25) is 0 Å². The highest BCUT2D eigenvalue weighted by Gasteiger charge is 2.23. The van der Waals surface area contributed by atoms with Crippen molar-refractivity contribution in [2.24, 2.45) is 0 Å². The first kappa shape index (κ1) is 19.2. The number of amides is 1. The van der Waals surface area contributed by atoms with E-state index in [-0.39, 0.29) is 11.9 Å². The zero-order valence-corrected chi connectivity index (χ0v) is 17.0. The Labute approximate surface area is 179 Å². The van der Waals surface area contributed by atoms with Crippen LogP contribution in [0.5, 0.6) is 0 Å². The largest absolute Gasteiger partial charge is 0.382 e. The van der Waals surface area contributed by atoms with Gasteiger partial charge in [-0.05, 0) is 43.7 Å². The van der Waals surface area contributed by atoms with Gasteiger partial charge in [-0.15, -0.1) is 0 Å². The molecule has 1 fully saturated rings. The lowest BCUT2D eigenvalue weighted by Crippen LogP contribution is -2.28. The van der Waals surface area contributed by atoms with Gasteiger partial charge in [0.25, 0.3) is 5.91 Å². The second-order valence-electron chi connectivity index (χ2n) is 7.60. The number of piperidine rings is 1. The fourth-order valence-corrected chi connectivity index (χ4v) is 4.01. The molecule has 1 aliphatic rings. The maximum atomic E-state index is 12.5. The molecule has 8 nitrogen and oxygen atoms in total. The van der Waals surface area contributed by atoms with Gasteiger partial charge in [0.05, 0.1) is 6.04 Å². The van der Waals surface area contributed by atoms with E-state index < -0.39 is 0 Å². The lowest BCUT2D eigenvalue weighted by atomic mass is 10.0. The zero-order chi connectivity index (χ0) is 21.2. The van der Waals surface area contributed by atoms with Crippen LogP contribution in [0.3, 0.4) is 0 Å². The van der Waals surface area contributed by atoms with Gasteiger partial charge in [-0.2, -0.15) is 0 Å². The molecule has 1 saturated heterocycles. The molecule has 5 rings (SSSR count). The second kappa shape index (κ2) is 8.16. The first-order valence-corrected chi connectivity index (χ1v) is 10.4. The van der Waals surface area contributed by atoms with E-state index in [0.29, 0.717) is 17.2 Å². The molecule has 4 aromatic rings. The van der Waals surface area contributed by atoms with E-state index in [1.165, 1.54) is 12.8 Å². The number of nitrogen functional groups attached to an aromatic ring is 1. The van der Waals surface area contributed by atoms with Gasteiger partial charge < -0.3 is 16.4 Å². The number of benzene rings is 1. The molecule has 0 spiro atoms. The van der Waals surface area contributed by atoms with Gasteiger partial charge in [-0.1, -0.05) is 24.6 Å². The Balaban J connectivity index is 1.48. The number of nitrogens with zero attached hydrogens (tertiary/aromatic N) is 4. The first-order chi connectivity index (χ1) is 15.2. The summed E-state index contributed by atoms with van der Waals surface area (Å²) in [4.78, 5) is 25.9. The molecule has 1 aromatic carbocycles. The van der Waals surface area contributed by atoms with Crippen LogP contribution in [0.15, 0.2) is 61.1 Å². The minimum Gasteiger partial charge on any atom is -0.382 e. The van der Waals surface area contributed by atoms with E-state index in [1.807, 2.05) is 28.8 Å². The number of fused-ring (bicyclic) bond motifs is 1. The number of imidazole rings is 1. The van der Waals surface area contributed by atoms with Crippen LogP contribution in [0.25, 0.3) is 16.8 Å². The molecular weight excluding hydrogens is 390 g/mol. The molecule has 4 N–H and O–H groups in total. The van der Waals surface area contributed by atoms with E-state index in [2.05, 4.69) is 20.6 Å². The van der Waals surface area contributed by atoms with E-state index in [4.69, 9.17) is 10.7 Å². The predicted molar refractivity (Wildman–Crippen MR) is 120 cm³/mol. The number of aromatic nitrogens is 4. The molecule has 1 aliphatic heterocycles. The van der Waals surface area contributed by atoms with Crippen molar-refractivity contribution in [3.8, 4) is 11.3 Å². The minimum absolute atomic E-state index is 0.181. The molecule has 31 heavy (non-hydrogen) atoms. The van der Waals surface area contributed by atoms with Gasteiger partial charge in [0.15, 0.2) is 0 Å². The highest BCUT2D eigenvalue weighted by atomic mass is 16.1. The van der Waals surface area contributed by atoms with Gasteiger partial charge in [0, 0.05) is 29.7 Å². The number of rotatable bonds is 4. The maximum Gasteiger partial charge on any atom is 0.256 e. The Morgan fingerprint density at radius 3 is 2.71 bits per heavy atom. The SMILES string of the molecule is Nc1nccn2c([C@@H]3CCCCN3)nc(-c3ccc(C(=O)Nc4ccccn4)cc3)c12. The number of anilines is 2. The molecule has 1 atom stereocenters. The fourth-order valence-electron chi connectivity index (χ4n) is 4.01. The molecule has 156 valence electrons. The smallest absolute Gasteiger partial charge is 0.256 e. The summed E-state index contributed by atoms with van der Waals surface area (Å²) in [6, 6.07) is 12.9. The Bertz CT molecular complexity index is 1210. The van der Waals surface area contributed by atoms with E-state index in [0.717, 1.165) is 35.6 Å². The third-order valence-corrected chi connectivity index (χ3v) is 5.56. The number of carbonyl (C=O) groups excluding carboxylic acids is 1. The van der Waals surface area contributed by atoms with Crippen LogP contribution < -0.4 is 16.4 Å². The van der Waals surface area contributed by atoms with Gasteiger partial charge in [-0.25, -0.2) is 15.0 Å². The number of hydrogen-bond acceptors (Lipinski definition) is 6. The van der Waals surface area contributed by atoms with Crippen molar-refractivity contribution in [1.29, 1.82) is 0 Å². The van der Waals surface area contributed by atoms with Gasteiger partial charge in [0.2, 0.25) is 0 Å². The van der Waals surface area contributed by atoms with Crippen LogP contribution in [-0.2, 0) is 0 Å². The van der Waals surface area contributed by atoms with Crippen LogP contribution >= 0.6 is 0 Å². The summed E-state index contributed by atoms with van der Waals surface area (Å²) in [5.74, 6) is 1.67. The second-order valence-corrected chi connectivity index (χ2v) is 7.60. The summed E-state index contributed by atoms with van der Waals surface area (Å²) in [6.07, 6.45) is 8.63. The average molecular weight is 413 g/mol. The van der Waals surface area contributed by atoms with Crippen molar-refractivity contribution in [2.45, 2.75) is 25.3 Å². The molecule has 3 aromatic heterocycles. The normalized spacial score (nSPS) is 16.3. The Morgan fingerprint density at radius 1 is 1.10 bits per heavy atom. The standard InChI is InChI=1S/C23H23N7O/c24-21-20-19(29-22(30(20)14-13-27-21)17-5-1-3-11-25-17)15-7-9-16(10-8-15)23(31)28-18-6-2-4-12-26-18/h2,4,6-10,12-14,17,25H,1,3,5,11H2,(H2,24,27)(H,26,28,31)/t17-/m0/s1. The van der Waals surface area contributed by atoms with Crippen molar-refractivity contribution < 1.29 is 4.79 Å². The molecule has 8 heteroatoms. The van der Waals surface area contributed by atoms with E-state index in [1.54, 1.807) is 36.7 Å². The zero-order valence-electron chi connectivity index (χ0n) is 17.0. The fraction of sp³-hybridized carbons (Fsp3) is 0.217. The molecular formula is C23H23N7O. The van der Waals surface area contributed by atoms with Crippen LogP contribution in [0.4, 0.5) is 11.6 Å². The lowest BCUT2D eigenvalue weighted by Gasteiger charge is -2.22. The van der Waals surface area contributed by atoms with Gasteiger partial charge >= 0.3 is 0 Å². The summed E-state index contributed by atoms with van der Waals surface area (Å²) in [7, 11) is 0. The molecule has 0 saturated carbocycles. The van der Waals surface area contributed by atoms with Crippen LogP contribution in [0, 0.1) is 0 Å². The molecule has 1 amide bonds. The number of pyridine rings is 1. The lowest BCUT2D eigenvalue weighted by molar-refractivity contribution is 0.102. The van der Waals surface area contributed by atoms with Crippen molar-refractivity contribution in [1.82, 2.24) is 24.7 Å². The highest BCUT2D eigenvalue weighted by Crippen LogP contribution is 2.32. The first-order valence-electron chi connectivity index (χ1n) is 10.4. The molecule has 4 heterocycles. The van der Waals surface area contributed by atoms with Crippen molar-refractivity contribution in [2.75, 3.05) is 17.6 Å². The quantitative estimate of drug-likeness (QED) is 0.473. The number of carbonyl (C=O) groups is 1. The topological polar surface area (TPSA) is 110 Å². The molecule has 0 aliphatic carbocycles. The minimum atomic E-state index is -0.215. The summed E-state index contributed by atoms with van der Waals surface area (Å²) in [6.45, 7) is 0.982. The molecule has 0 unspecified atom stereocenters. The van der Waals surface area contributed by atoms with Crippen LogP contribution in [0.1, 0.15) is 41.5 Å². The number of nitrogens with two attached hydrogens (primary N) is 1. The third kappa shape index (κ3) is 3.73. The molecule has 0 radical (unpaired) electrons. The average Bonchev–Trinajstić information content (AvgIpc) is 3.21. The Kier molecular flexibility index (Phi) is 5.05. The van der Waals surface area contributed by atoms with E-state index in [9.17, 15) is 4.79 Å². The summed E-state index contributed by atoms with van der Waals surface area (Å²) in [5, 5.41) is 6.35. The summed E-state index contributed by atoms with van der Waals surface area (Å²) in [5.41, 5.74) is 9.22. The third-order valence-electron chi connectivity index (χ3n) is 5.56. The van der Waals surface area contributed by atoms with Crippen LogP contribution in [-0.4, -0.2) is 31.8 Å². The Morgan fingerprint density at radius 2 is 1.97 bits per heavy atom.